The molecule has 0 aliphatic heterocycles. The van der Waals surface area contributed by atoms with Crippen LogP contribution in [0.25, 0.3) is 0 Å². The van der Waals surface area contributed by atoms with Crippen LogP contribution in [0, 0.1) is 0 Å². The predicted molar refractivity (Wildman–Crippen MR) is 120 cm³/mol. The molecular weight excluding hydrogens is 380 g/mol. The Labute approximate surface area is 181 Å². The van der Waals surface area contributed by atoms with Crippen LogP contribution >= 0.6 is 0 Å². The van der Waals surface area contributed by atoms with E-state index in [1.807, 2.05) is 37.4 Å². The van der Waals surface area contributed by atoms with Crippen LogP contribution in [0.3, 0.4) is 0 Å². The van der Waals surface area contributed by atoms with Crippen LogP contribution in [-0.4, -0.2) is 68.5 Å². The summed E-state index contributed by atoms with van der Waals surface area (Å²) in [7, 11) is 7.39. The van der Waals surface area contributed by atoms with E-state index in [1.165, 1.54) is 5.56 Å². The molecule has 0 bridgehead atoms. The van der Waals surface area contributed by atoms with Crippen molar-refractivity contribution in [2.75, 3.05) is 41.5 Å². The molecule has 0 saturated carbocycles. The molecule has 1 unspecified atom stereocenters. The number of hydrogen-bond acceptors (Lipinski definition) is 6. The molecule has 1 atom stereocenters. The Kier molecular flexibility index (Phi) is 9.43. The Hall–Kier alpha value is -2.28. The maximum absolute atomic E-state index is 10.2. The predicted octanol–water partition coefficient (Wildman–Crippen LogP) is 3.42. The first-order chi connectivity index (χ1) is 14.3. The lowest BCUT2D eigenvalue weighted by Crippen LogP contribution is -2.36. The Balaban J connectivity index is 1.94. The monoisotopic (exact) mass is 416 g/mol. The second-order valence-corrected chi connectivity index (χ2v) is 8.01. The molecule has 2 rings (SSSR count). The van der Waals surface area contributed by atoms with Crippen LogP contribution in [0.5, 0.6) is 17.2 Å². The van der Waals surface area contributed by atoms with E-state index >= 15 is 0 Å². The van der Waals surface area contributed by atoms with Crippen molar-refractivity contribution in [1.29, 1.82) is 0 Å². The van der Waals surface area contributed by atoms with Gasteiger partial charge in [0, 0.05) is 25.7 Å². The van der Waals surface area contributed by atoms with Crippen molar-refractivity contribution in [2.45, 2.75) is 39.1 Å². The van der Waals surface area contributed by atoms with Crippen LogP contribution in [-0.2, 0) is 13.1 Å². The average Bonchev–Trinajstić information content (AvgIpc) is 2.72. The second kappa shape index (κ2) is 11.8. The van der Waals surface area contributed by atoms with Crippen LogP contribution in [0.2, 0.25) is 0 Å². The number of benzene rings is 2. The zero-order valence-corrected chi connectivity index (χ0v) is 19.1. The zero-order chi connectivity index (χ0) is 22.1. The number of rotatable bonds is 12. The molecule has 166 valence electrons. The van der Waals surface area contributed by atoms with Gasteiger partial charge in [0.15, 0.2) is 11.5 Å². The van der Waals surface area contributed by atoms with E-state index in [1.54, 1.807) is 14.2 Å². The maximum atomic E-state index is 10.2. The van der Waals surface area contributed by atoms with Gasteiger partial charge in [-0.05, 0) is 63.3 Å². The lowest BCUT2D eigenvalue weighted by Gasteiger charge is -2.24. The Morgan fingerprint density at radius 3 is 2.23 bits per heavy atom. The topological polar surface area (TPSA) is 54.4 Å². The fourth-order valence-corrected chi connectivity index (χ4v) is 3.16. The Bertz CT molecular complexity index is 782. The van der Waals surface area contributed by atoms with E-state index in [-0.39, 0.29) is 6.61 Å². The summed E-state index contributed by atoms with van der Waals surface area (Å²) in [5.41, 5.74) is 2.33. The fourth-order valence-electron chi connectivity index (χ4n) is 3.16. The van der Waals surface area contributed by atoms with Gasteiger partial charge in [-0.25, -0.2) is 0 Å². The summed E-state index contributed by atoms with van der Waals surface area (Å²) in [6, 6.07) is 14.4. The smallest absolute Gasteiger partial charge is 0.161 e. The van der Waals surface area contributed by atoms with E-state index in [0.29, 0.717) is 24.1 Å². The number of aliphatic hydroxyl groups excluding tert-OH is 1. The number of hydrogen-bond donors (Lipinski definition) is 1. The van der Waals surface area contributed by atoms with Crippen molar-refractivity contribution in [3.63, 3.8) is 0 Å². The van der Waals surface area contributed by atoms with Crippen molar-refractivity contribution >= 4 is 0 Å². The first-order valence-corrected chi connectivity index (χ1v) is 10.3. The van der Waals surface area contributed by atoms with Gasteiger partial charge < -0.3 is 24.2 Å². The van der Waals surface area contributed by atoms with Gasteiger partial charge in [-0.2, -0.15) is 0 Å². The molecule has 0 heterocycles. The summed E-state index contributed by atoms with van der Waals surface area (Å²) in [5, 5.41) is 10.2. The van der Waals surface area contributed by atoms with E-state index in [9.17, 15) is 5.11 Å². The first-order valence-electron chi connectivity index (χ1n) is 10.3. The summed E-state index contributed by atoms with van der Waals surface area (Å²) >= 11 is 0. The third-order valence-corrected chi connectivity index (χ3v) is 5.08. The first kappa shape index (κ1) is 24.0. The molecule has 30 heavy (non-hydrogen) atoms. The lowest BCUT2D eigenvalue weighted by molar-refractivity contribution is 0.0668. The molecule has 0 spiro atoms. The number of ether oxygens (including phenoxy) is 3. The van der Waals surface area contributed by atoms with E-state index in [0.717, 1.165) is 24.4 Å². The van der Waals surface area contributed by atoms with E-state index < -0.39 is 6.10 Å². The van der Waals surface area contributed by atoms with Gasteiger partial charge in [-0.3, -0.25) is 4.90 Å². The molecule has 0 aromatic heterocycles. The third kappa shape index (κ3) is 7.52. The number of aliphatic hydroxyl groups is 1. The third-order valence-electron chi connectivity index (χ3n) is 5.08. The molecule has 2 aromatic carbocycles. The van der Waals surface area contributed by atoms with Gasteiger partial charge in [0.05, 0.1) is 14.2 Å². The summed E-state index contributed by atoms with van der Waals surface area (Å²) in [6.45, 7) is 6.57. The maximum Gasteiger partial charge on any atom is 0.161 e. The normalized spacial score (nSPS) is 12.5. The highest BCUT2D eigenvalue weighted by Crippen LogP contribution is 2.29. The van der Waals surface area contributed by atoms with Gasteiger partial charge in [-0.15, -0.1) is 0 Å². The molecule has 2 aromatic rings. The van der Waals surface area contributed by atoms with E-state index in [2.05, 4.69) is 42.8 Å². The van der Waals surface area contributed by atoms with Crippen molar-refractivity contribution < 1.29 is 19.3 Å². The standard InChI is InChI=1S/C24H36N2O4/c1-18(2)26(4)16-21(27)17-30-23-11-10-20(13-24(23)29-6)15-25(3)14-19-8-7-9-22(12-19)28-5/h7-13,18,21,27H,14-17H2,1-6H3. The van der Waals surface area contributed by atoms with Crippen LogP contribution < -0.4 is 14.2 Å². The molecule has 0 saturated heterocycles. The van der Waals surface area contributed by atoms with Crippen LogP contribution in [0.15, 0.2) is 42.5 Å². The van der Waals surface area contributed by atoms with Crippen molar-refractivity contribution in [2.24, 2.45) is 0 Å². The van der Waals surface area contributed by atoms with Gasteiger partial charge in [0.2, 0.25) is 0 Å². The summed E-state index contributed by atoms with van der Waals surface area (Å²) in [5.74, 6) is 2.18. The highest BCUT2D eigenvalue weighted by atomic mass is 16.5. The molecule has 6 nitrogen and oxygen atoms in total. The van der Waals surface area contributed by atoms with Gasteiger partial charge in [0.1, 0.15) is 18.5 Å². The summed E-state index contributed by atoms with van der Waals surface area (Å²) in [4.78, 5) is 4.32. The number of nitrogens with zero attached hydrogens (tertiary/aromatic N) is 2. The summed E-state index contributed by atoms with van der Waals surface area (Å²) in [6.07, 6.45) is -0.559. The Morgan fingerprint density at radius 1 is 0.900 bits per heavy atom. The summed E-state index contributed by atoms with van der Waals surface area (Å²) < 4.78 is 16.6. The van der Waals surface area contributed by atoms with Gasteiger partial charge >= 0.3 is 0 Å². The van der Waals surface area contributed by atoms with Gasteiger partial charge in [0.25, 0.3) is 0 Å². The van der Waals surface area contributed by atoms with Gasteiger partial charge in [-0.1, -0.05) is 18.2 Å². The Morgan fingerprint density at radius 2 is 1.60 bits per heavy atom. The molecule has 0 radical (unpaired) electrons. The van der Waals surface area contributed by atoms with Crippen molar-refractivity contribution in [3.05, 3.63) is 53.6 Å². The average molecular weight is 417 g/mol. The lowest BCUT2D eigenvalue weighted by atomic mass is 10.1. The number of likely N-dealkylation sites (N-methyl/N-ethyl adjacent to an activating group) is 1. The highest BCUT2D eigenvalue weighted by Gasteiger charge is 2.14. The largest absolute Gasteiger partial charge is 0.497 e. The van der Waals surface area contributed by atoms with E-state index in [4.69, 9.17) is 14.2 Å². The van der Waals surface area contributed by atoms with Crippen molar-refractivity contribution in [3.8, 4) is 17.2 Å². The molecule has 0 amide bonds. The molecular formula is C24H36N2O4. The minimum Gasteiger partial charge on any atom is -0.497 e. The number of methoxy groups -OCH3 is 2. The molecule has 6 heteroatoms. The minimum atomic E-state index is -0.559. The van der Waals surface area contributed by atoms with Crippen LogP contribution in [0.4, 0.5) is 0 Å². The minimum absolute atomic E-state index is 0.225. The molecule has 0 aliphatic rings. The van der Waals surface area contributed by atoms with Crippen molar-refractivity contribution in [1.82, 2.24) is 9.80 Å². The fraction of sp³-hybridized carbons (Fsp3) is 0.500. The molecule has 0 aliphatic carbocycles. The second-order valence-electron chi connectivity index (χ2n) is 8.01. The molecule has 0 fully saturated rings. The quantitative estimate of drug-likeness (QED) is 0.572. The zero-order valence-electron chi connectivity index (χ0n) is 19.1. The molecule has 1 N–H and O–H groups in total. The highest BCUT2D eigenvalue weighted by molar-refractivity contribution is 5.43. The van der Waals surface area contributed by atoms with Crippen LogP contribution in [0.1, 0.15) is 25.0 Å². The SMILES string of the molecule is COc1cccc(CN(C)Cc2ccc(OCC(O)CN(C)C(C)C)c(OC)c2)c1.